The Kier molecular flexibility index (Phi) is 1.85. The maximum atomic E-state index is 12.5. The minimum Gasteiger partial charge on any atom is -0.506 e. The SMILES string of the molecule is Cn1nc(C(F)(F)F)c2ncc(O)cc21. The van der Waals surface area contributed by atoms with Gasteiger partial charge in [0.2, 0.25) is 0 Å². The van der Waals surface area contributed by atoms with Crippen LogP contribution < -0.4 is 0 Å². The van der Waals surface area contributed by atoms with E-state index in [9.17, 15) is 13.2 Å². The number of nitrogens with zero attached hydrogens (tertiary/aromatic N) is 3. The summed E-state index contributed by atoms with van der Waals surface area (Å²) in [5.74, 6) is -0.195. The normalized spacial score (nSPS) is 12.3. The van der Waals surface area contributed by atoms with Gasteiger partial charge < -0.3 is 5.11 Å². The van der Waals surface area contributed by atoms with Crippen LogP contribution in [-0.2, 0) is 13.2 Å². The summed E-state index contributed by atoms with van der Waals surface area (Å²) in [4.78, 5) is 3.51. The minimum absolute atomic E-state index is 0.141. The van der Waals surface area contributed by atoms with Crippen LogP contribution in [0.5, 0.6) is 5.75 Å². The van der Waals surface area contributed by atoms with Gasteiger partial charge >= 0.3 is 6.18 Å². The van der Waals surface area contributed by atoms with E-state index in [2.05, 4.69) is 10.1 Å². The summed E-state index contributed by atoms with van der Waals surface area (Å²) in [7, 11) is 1.36. The lowest BCUT2D eigenvalue weighted by Gasteiger charge is -2.00. The molecule has 0 saturated carbocycles. The summed E-state index contributed by atoms with van der Waals surface area (Å²) in [6, 6.07) is 1.19. The van der Waals surface area contributed by atoms with Crippen molar-refractivity contribution in [2.75, 3.05) is 0 Å². The van der Waals surface area contributed by atoms with E-state index in [1.807, 2.05) is 0 Å². The maximum Gasteiger partial charge on any atom is 0.437 e. The fraction of sp³-hybridized carbons (Fsp3) is 0.250. The first-order valence-corrected chi connectivity index (χ1v) is 3.98. The van der Waals surface area contributed by atoms with Crippen molar-refractivity contribution in [3.05, 3.63) is 18.0 Å². The van der Waals surface area contributed by atoms with E-state index < -0.39 is 11.9 Å². The molecule has 2 aromatic rings. The third kappa shape index (κ3) is 1.49. The van der Waals surface area contributed by atoms with Crippen molar-refractivity contribution in [3.63, 3.8) is 0 Å². The summed E-state index contributed by atoms with van der Waals surface area (Å²) in [6.07, 6.45) is -3.58. The zero-order valence-corrected chi connectivity index (χ0v) is 7.58. The predicted octanol–water partition coefficient (Wildman–Crippen LogP) is 1.69. The first-order chi connectivity index (χ1) is 6.89. The van der Waals surface area contributed by atoms with Crippen molar-refractivity contribution in [1.29, 1.82) is 0 Å². The van der Waals surface area contributed by atoms with E-state index in [0.717, 1.165) is 10.9 Å². The highest BCUT2D eigenvalue weighted by molar-refractivity contribution is 5.79. The quantitative estimate of drug-likeness (QED) is 0.730. The summed E-state index contributed by atoms with van der Waals surface area (Å²) in [5.41, 5.74) is -1.16. The lowest BCUT2D eigenvalue weighted by atomic mass is 10.3. The molecular weight excluding hydrogens is 211 g/mol. The number of aryl methyl sites for hydroxylation is 1. The fourth-order valence-electron chi connectivity index (χ4n) is 1.31. The van der Waals surface area contributed by atoms with Crippen molar-refractivity contribution in [2.24, 2.45) is 7.05 Å². The standard InChI is InChI=1S/C8H6F3N3O/c1-14-5-2-4(15)3-12-6(5)7(13-14)8(9,10)11/h2-3,15H,1H3. The van der Waals surface area contributed by atoms with Gasteiger partial charge in [-0.15, -0.1) is 0 Å². The number of aromatic hydroxyl groups is 1. The second-order valence-electron chi connectivity index (χ2n) is 3.03. The average Bonchev–Trinajstić information content (AvgIpc) is 2.43. The van der Waals surface area contributed by atoms with Crippen molar-refractivity contribution in [2.45, 2.75) is 6.18 Å². The molecular formula is C8H6F3N3O. The Morgan fingerprint density at radius 3 is 2.67 bits per heavy atom. The molecule has 0 fully saturated rings. The number of pyridine rings is 1. The molecule has 0 aliphatic heterocycles. The molecule has 2 heterocycles. The van der Waals surface area contributed by atoms with Crippen LogP contribution in [0, 0.1) is 0 Å². The average molecular weight is 217 g/mol. The molecule has 0 bridgehead atoms. The lowest BCUT2D eigenvalue weighted by molar-refractivity contribution is -0.140. The largest absolute Gasteiger partial charge is 0.506 e. The second kappa shape index (κ2) is 2.85. The van der Waals surface area contributed by atoms with Gasteiger partial charge in [-0.2, -0.15) is 18.3 Å². The Morgan fingerprint density at radius 2 is 2.07 bits per heavy atom. The number of fused-ring (bicyclic) bond motifs is 1. The number of halogens is 3. The van der Waals surface area contributed by atoms with Crippen LogP contribution in [-0.4, -0.2) is 19.9 Å². The van der Waals surface area contributed by atoms with Crippen molar-refractivity contribution in [3.8, 4) is 5.75 Å². The fourth-order valence-corrected chi connectivity index (χ4v) is 1.31. The van der Waals surface area contributed by atoms with Crippen LogP contribution in [0.15, 0.2) is 12.3 Å². The first kappa shape index (κ1) is 9.75. The third-order valence-electron chi connectivity index (χ3n) is 1.94. The van der Waals surface area contributed by atoms with Gasteiger partial charge in [-0.1, -0.05) is 0 Å². The van der Waals surface area contributed by atoms with Crippen LogP contribution in [0.1, 0.15) is 5.69 Å². The molecule has 80 valence electrons. The van der Waals surface area contributed by atoms with Crippen LogP contribution in [0.25, 0.3) is 11.0 Å². The predicted molar refractivity (Wildman–Crippen MR) is 45.2 cm³/mol. The van der Waals surface area contributed by atoms with E-state index in [1.54, 1.807) is 0 Å². The van der Waals surface area contributed by atoms with Gasteiger partial charge in [0.15, 0.2) is 5.69 Å². The molecule has 0 spiro atoms. The van der Waals surface area contributed by atoms with Crippen LogP contribution in [0.3, 0.4) is 0 Å². The summed E-state index contributed by atoms with van der Waals surface area (Å²) < 4.78 is 38.4. The van der Waals surface area contributed by atoms with Crippen molar-refractivity contribution in [1.82, 2.24) is 14.8 Å². The van der Waals surface area contributed by atoms with Gasteiger partial charge in [-0.3, -0.25) is 4.68 Å². The number of alkyl halides is 3. The molecule has 0 saturated heterocycles. The Morgan fingerprint density at radius 1 is 1.40 bits per heavy atom. The van der Waals surface area contributed by atoms with Gasteiger partial charge in [0.25, 0.3) is 0 Å². The molecule has 0 atom stereocenters. The molecule has 4 nitrogen and oxygen atoms in total. The molecule has 0 amide bonds. The van der Waals surface area contributed by atoms with E-state index in [0.29, 0.717) is 0 Å². The molecule has 7 heteroatoms. The Balaban J connectivity index is 2.79. The monoisotopic (exact) mass is 217 g/mol. The van der Waals surface area contributed by atoms with Crippen LogP contribution in [0.2, 0.25) is 0 Å². The number of hydrogen-bond donors (Lipinski definition) is 1. The van der Waals surface area contributed by atoms with Crippen LogP contribution in [0.4, 0.5) is 13.2 Å². The van der Waals surface area contributed by atoms with Gasteiger partial charge in [0, 0.05) is 13.1 Å². The lowest BCUT2D eigenvalue weighted by Crippen LogP contribution is -2.07. The Hall–Kier alpha value is -1.79. The summed E-state index contributed by atoms with van der Waals surface area (Å²) in [6.45, 7) is 0. The molecule has 0 aliphatic carbocycles. The first-order valence-electron chi connectivity index (χ1n) is 3.98. The molecule has 0 aromatic carbocycles. The number of rotatable bonds is 0. The number of aromatic nitrogens is 3. The molecule has 0 aliphatic rings. The molecule has 2 aromatic heterocycles. The minimum atomic E-state index is -4.54. The van der Waals surface area contributed by atoms with E-state index in [4.69, 9.17) is 5.11 Å². The van der Waals surface area contributed by atoms with Crippen molar-refractivity contribution >= 4 is 11.0 Å². The van der Waals surface area contributed by atoms with Crippen LogP contribution >= 0.6 is 0 Å². The zero-order valence-electron chi connectivity index (χ0n) is 7.58. The topological polar surface area (TPSA) is 50.9 Å². The second-order valence-corrected chi connectivity index (χ2v) is 3.03. The van der Waals surface area contributed by atoms with Gasteiger partial charge in [-0.25, -0.2) is 4.98 Å². The van der Waals surface area contributed by atoms with Crippen molar-refractivity contribution < 1.29 is 18.3 Å². The third-order valence-corrected chi connectivity index (χ3v) is 1.94. The Bertz CT molecular complexity index is 518. The van der Waals surface area contributed by atoms with Gasteiger partial charge in [-0.05, 0) is 0 Å². The van der Waals surface area contributed by atoms with E-state index in [-0.39, 0.29) is 16.8 Å². The highest BCUT2D eigenvalue weighted by atomic mass is 19.4. The van der Waals surface area contributed by atoms with E-state index >= 15 is 0 Å². The molecule has 2 rings (SSSR count). The highest BCUT2D eigenvalue weighted by Gasteiger charge is 2.37. The number of hydrogen-bond acceptors (Lipinski definition) is 3. The molecule has 0 unspecified atom stereocenters. The Labute approximate surface area is 82.0 Å². The maximum absolute atomic E-state index is 12.5. The van der Waals surface area contributed by atoms with E-state index in [1.165, 1.54) is 13.1 Å². The zero-order chi connectivity index (χ0) is 11.2. The van der Waals surface area contributed by atoms with Gasteiger partial charge in [0.05, 0.1) is 11.7 Å². The van der Waals surface area contributed by atoms with Gasteiger partial charge in [0.1, 0.15) is 11.3 Å². The highest BCUT2D eigenvalue weighted by Crippen LogP contribution is 2.33. The smallest absolute Gasteiger partial charge is 0.437 e. The molecule has 15 heavy (non-hydrogen) atoms. The molecule has 1 N–H and O–H groups in total. The summed E-state index contributed by atoms with van der Waals surface area (Å²) >= 11 is 0. The summed E-state index contributed by atoms with van der Waals surface area (Å²) in [5, 5.41) is 12.4. The molecule has 0 radical (unpaired) electrons.